The summed E-state index contributed by atoms with van der Waals surface area (Å²) in [5, 5.41) is 4.02. The standard InChI is InChI=1S/C19H29N3O2/c1-14-17(15(2)24-20-14)12-22-13-19(11-18(22)23)7-9-21(10-8-19)16-5-3-4-6-16/h16H,3-13H2,1-2H3. The Kier molecular flexibility index (Phi) is 4.15. The number of aryl methyl sites for hydroxylation is 2. The summed E-state index contributed by atoms with van der Waals surface area (Å²) in [7, 11) is 0. The Hall–Kier alpha value is -1.36. The van der Waals surface area contributed by atoms with Crippen LogP contribution in [0.15, 0.2) is 4.52 Å². The molecule has 3 fully saturated rings. The van der Waals surface area contributed by atoms with Crippen molar-refractivity contribution < 1.29 is 9.32 Å². The average Bonchev–Trinajstić information content (AvgIpc) is 3.26. The van der Waals surface area contributed by atoms with Crippen molar-refractivity contribution in [3.05, 3.63) is 17.0 Å². The Morgan fingerprint density at radius 3 is 2.54 bits per heavy atom. The summed E-state index contributed by atoms with van der Waals surface area (Å²) in [6.45, 7) is 7.82. The van der Waals surface area contributed by atoms with Crippen LogP contribution in [-0.4, -0.2) is 46.5 Å². The van der Waals surface area contributed by atoms with Crippen LogP contribution in [-0.2, 0) is 11.3 Å². The highest BCUT2D eigenvalue weighted by atomic mass is 16.5. The number of likely N-dealkylation sites (tertiary alicyclic amines) is 2. The van der Waals surface area contributed by atoms with Gasteiger partial charge >= 0.3 is 0 Å². The molecule has 0 radical (unpaired) electrons. The number of carbonyl (C=O) groups is 1. The molecule has 1 aromatic rings. The largest absolute Gasteiger partial charge is 0.361 e. The minimum Gasteiger partial charge on any atom is -0.361 e. The molecule has 5 nitrogen and oxygen atoms in total. The lowest BCUT2D eigenvalue weighted by Gasteiger charge is -2.41. The Morgan fingerprint density at radius 2 is 1.92 bits per heavy atom. The van der Waals surface area contributed by atoms with Crippen molar-refractivity contribution in [3.63, 3.8) is 0 Å². The number of hydrogen-bond donors (Lipinski definition) is 0. The first kappa shape index (κ1) is 16.1. The Balaban J connectivity index is 1.39. The third-order valence-corrected chi connectivity index (χ3v) is 6.64. The van der Waals surface area contributed by atoms with Crippen molar-refractivity contribution in [1.82, 2.24) is 15.0 Å². The predicted molar refractivity (Wildman–Crippen MR) is 91.5 cm³/mol. The van der Waals surface area contributed by atoms with Crippen molar-refractivity contribution in [2.24, 2.45) is 5.41 Å². The first-order valence-corrected chi connectivity index (χ1v) is 9.50. The number of nitrogens with zero attached hydrogens (tertiary/aromatic N) is 3. The zero-order valence-corrected chi connectivity index (χ0v) is 15.0. The van der Waals surface area contributed by atoms with E-state index in [0.717, 1.165) is 36.0 Å². The van der Waals surface area contributed by atoms with Gasteiger partial charge in [-0.05, 0) is 58.0 Å². The quantitative estimate of drug-likeness (QED) is 0.854. The van der Waals surface area contributed by atoms with E-state index >= 15 is 0 Å². The minimum atomic E-state index is 0.213. The molecule has 0 bridgehead atoms. The molecule has 2 aliphatic heterocycles. The molecule has 5 heteroatoms. The smallest absolute Gasteiger partial charge is 0.223 e. The summed E-state index contributed by atoms with van der Waals surface area (Å²) in [6.07, 6.45) is 8.63. The van der Waals surface area contributed by atoms with Crippen LogP contribution in [0.5, 0.6) is 0 Å². The number of hydrogen-bond acceptors (Lipinski definition) is 4. The summed E-state index contributed by atoms with van der Waals surface area (Å²) >= 11 is 0. The molecule has 1 saturated carbocycles. The second kappa shape index (κ2) is 6.17. The third-order valence-electron chi connectivity index (χ3n) is 6.64. The van der Waals surface area contributed by atoms with Crippen LogP contribution in [0.25, 0.3) is 0 Å². The van der Waals surface area contributed by atoms with Crippen molar-refractivity contribution in [2.45, 2.75) is 71.4 Å². The van der Waals surface area contributed by atoms with Gasteiger partial charge in [0.2, 0.25) is 5.91 Å². The second-order valence-corrected chi connectivity index (χ2v) is 8.20. The zero-order valence-electron chi connectivity index (χ0n) is 15.0. The molecule has 4 rings (SSSR count). The van der Waals surface area contributed by atoms with Gasteiger partial charge in [-0.1, -0.05) is 18.0 Å². The molecule has 24 heavy (non-hydrogen) atoms. The Bertz CT molecular complexity index is 591. The van der Waals surface area contributed by atoms with Gasteiger partial charge in [0.1, 0.15) is 5.76 Å². The van der Waals surface area contributed by atoms with Gasteiger partial charge in [0.05, 0.1) is 12.2 Å². The maximum absolute atomic E-state index is 12.6. The van der Waals surface area contributed by atoms with Crippen LogP contribution in [0, 0.1) is 19.3 Å². The first-order valence-electron chi connectivity index (χ1n) is 9.50. The number of rotatable bonds is 3. The van der Waals surface area contributed by atoms with Crippen molar-refractivity contribution in [2.75, 3.05) is 19.6 Å². The van der Waals surface area contributed by atoms with Gasteiger partial charge in [-0.3, -0.25) is 4.79 Å². The van der Waals surface area contributed by atoms with Crippen LogP contribution in [0.4, 0.5) is 0 Å². The molecular formula is C19H29N3O2. The van der Waals surface area contributed by atoms with Crippen molar-refractivity contribution >= 4 is 5.91 Å². The molecule has 1 amide bonds. The van der Waals surface area contributed by atoms with E-state index in [9.17, 15) is 4.79 Å². The monoisotopic (exact) mass is 331 g/mol. The van der Waals surface area contributed by atoms with Gasteiger partial charge in [-0.2, -0.15) is 0 Å². The normalized spacial score (nSPS) is 25.2. The Morgan fingerprint density at radius 1 is 1.21 bits per heavy atom. The minimum absolute atomic E-state index is 0.213. The van der Waals surface area contributed by atoms with E-state index in [1.807, 2.05) is 18.7 Å². The fourth-order valence-corrected chi connectivity index (χ4v) is 5.01. The van der Waals surface area contributed by atoms with Crippen LogP contribution >= 0.6 is 0 Å². The summed E-state index contributed by atoms with van der Waals surface area (Å²) < 4.78 is 5.25. The van der Waals surface area contributed by atoms with E-state index in [1.54, 1.807) is 0 Å². The van der Waals surface area contributed by atoms with Gasteiger partial charge < -0.3 is 14.3 Å². The fraction of sp³-hybridized carbons (Fsp3) is 0.789. The van der Waals surface area contributed by atoms with E-state index in [4.69, 9.17) is 4.52 Å². The predicted octanol–water partition coefficient (Wildman–Crippen LogP) is 3.05. The Labute approximate surface area is 144 Å². The van der Waals surface area contributed by atoms with Gasteiger partial charge in [0.15, 0.2) is 0 Å². The van der Waals surface area contributed by atoms with Gasteiger partial charge in [-0.25, -0.2) is 0 Å². The van der Waals surface area contributed by atoms with E-state index < -0.39 is 0 Å². The molecule has 3 heterocycles. The van der Waals surface area contributed by atoms with Crippen LogP contribution in [0.3, 0.4) is 0 Å². The summed E-state index contributed by atoms with van der Waals surface area (Å²) in [6, 6.07) is 0.817. The summed E-state index contributed by atoms with van der Waals surface area (Å²) in [5.41, 5.74) is 2.21. The lowest BCUT2D eigenvalue weighted by atomic mass is 9.77. The number of amides is 1. The molecule has 1 aliphatic carbocycles. The summed E-state index contributed by atoms with van der Waals surface area (Å²) in [5.74, 6) is 1.15. The first-order chi connectivity index (χ1) is 11.6. The number of carbonyl (C=O) groups excluding carboxylic acids is 1. The summed E-state index contributed by atoms with van der Waals surface area (Å²) in [4.78, 5) is 17.3. The highest BCUT2D eigenvalue weighted by Crippen LogP contribution is 2.43. The van der Waals surface area contributed by atoms with E-state index in [-0.39, 0.29) is 5.41 Å². The molecule has 0 aromatic carbocycles. The van der Waals surface area contributed by atoms with E-state index in [0.29, 0.717) is 12.5 Å². The van der Waals surface area contributed by atoms with Gasteiger partial charge in [0, 0.05) is 24.6 Å². The van der Waals surface area contributed by atoms with Crippen LogP contribution in [0.2, 0.25) is 0 Å². The highest BCUT2D eigenvalue weighted by molar-refractivity contribution is 5.79. The van der Waals surface area contributed by atoms with Crippen molar-refractivity contribution in [1.29, 1.82) is 0 Å². The van der Waals surface area contributed by atoms with Gasteiger partial charge in [0.25, 0.3) is 0 Å². The maximum Gasteiger partial charge on any atom is 0.223 e. The highest BCUT2D eigenvalue weighted by Gasteiger charge is 2.45. The molecular weight excluding hydrogens is 302 g/mol. The van der Waals surface area contributed by atoms with E-state index in [1.165, 1.54) is 51.6 Å². The fourth-order valence-electron chi connectivity index (χ4n) is 5.01. The lowest BCUT2D eigenvalue weighted by molar-refractivity contribution is -0.128. The SMILES string of the molecule is Cc1noc(C)c1CN1CC2(CCN(C3CCCC3)CC2)CC1=O. The van der Waals surface area contributed by atoms with Crippen molar-refractivity contribution in [3.8, 4) is 0 Å². The molecule has 0 atom stereocenters. The van der Waals surface area contributed by atoms with E-state index in [2.05, 4.69) is 10.1 Å². The van der Waals surface area contributed by atoms with Crippen LogP contribution < -0.4 is 0 Å². The average molecular weight is 331 g/mol. The zero-order chi connectivity index (χ0) is 16.7. The second-order valence-electron chi connectivity index (χ2n) is 8.20. The topological polar surface area (TPSA) is 49.6 Å². The molecule has 1 aromatic heterocycles. The number of aromatic nitrogens is 1. The molecule has 0 N–H and O–H groups in total. The third kappa shape index (κ3) is 2.87. The molecule has 1 spiro atoms. The number of piperidine rings is 1. The molecule has 0 unspecified atom stereocenters. The molecule has 2 saturated heterocycles. The van der Waals surface area contributed by atoms with Gasteiger partial charge in [-0.15, -0.1) is 0 Å². The lowest BCUT2D eigenvalue weighted by Crippen LogP contribution is -2.45. The van der Waals surface area contributed by atoms with Crippen LogP contribution in [0.1, 0.15) is 62.0 Å². The maximum atomic E-state index is 12.6. The molecule has 3 aliphatic rings. The molecule has 132 valence electrons.